The van der Waals surface area contributed by atoms with E-state index in [4.69, 9.17) is 0 Å². The lowest BCUT2D eigenvalue weighted by Gasteiger charge is -2.31. The summed E-state index contributed by atoms with van der Waals surface area (Å²) in [5, 5.41) is 4.50. The van der Waals surface area contributed by atoms with E-state index in [9.17, 15) is 0 Å². The van der Waals surface area contributed by atoms with Gasteiger partial charge in [0.15, 0.2) is 0 Å². The van der Waals surface area contributed by atoms with Gasteiger partial charge in [-0.2, -0.15) is 11.8 Å². The summed E-state index contributed by atoms with van der Waals surface area (Å²) < 4.78 is 0. The van der Waals surface area contributed by atoms with Crippen molar-refractivity contribution in [1.82, 2.24) is 10.2 Å². The SMILES string of the molecule is CCC1CN(CCCCCCNC2CC2)CCS1. The lowest BCUT2D eigenvalue weighted by molar-refractivity contribution is 0.274. The molecule has 1 aliphatic heterocycles. The Bertz CT molecular complexity index is 219. The second-order valence-electron chi connectivity index (χ2n) is 5.84. The van der Waals surface area contributed by atoms with Crippen LogP contribution in [-0.4, -0.2) is 48.1 Å². The minimum Gasteiger partial charge on any atom is -0.314 e. The molecule has 1 saturated carbocycles. The molecule has 1 heterocycles. The number of hydrogen-bond donors (Lipinski definition) is 1. The van der Waals surface area contributed by atoms with E-state index in [1.165, 1.54) is 76.9 Å². The monoisotopic (exact) mass is 270 g/mol. The van der Waals surface area contributed by atoms with Gasteiger partial charge in [-0.15, -0.1) is 0 Å². The van der Waals surface area contributed by atoms with Crippen molar-refractivity contribution in [2.24, 2.45) is 0 Å². The van der Waals surface area contributed by atoms with Crippen molar-refractivity contribution in [3.63, 3.8) is 0 Å². The van der Waals surface area contributed by atoms with Gasteiger partial charge in [0.2, 0.25) is 0 Å². The maximum Gasteiger partial charge on any atom is 0.0172 e. The van der Waals surface area contributed by atoms with E-state index in [0.29, 0.717) is 0 Å². The van der Waals surface area contributed by atoms with Crippen molar-refractivity contribution < 1.29 is 0 Å². The molecule has 106 valence electrons. The van der Waals surface area contributed by atoms with Crippen molar-refractivity contribution in [2.45, 2.75) is 63.2 Å². The van der Waals surface area contributed by atoms with Crippen LogP contribution in [0.5, 0.6) is 0 Å². The summed E-state index contributed by atoms with van der Waals surface area (Å²) in [7, 11) is 0. The number of nitrogens with zero attached hydrogens (tertiary/aromatic N) is 1. The van der Waals surface area contributed by atoms with Crippen LogP contribution in [0, 0.1) is 0 Å². The van der Waals surface area contributed by atoms with Crippen molar-refractivity contribution in [3.05, 3.63) is 0 Å². The van der Waals surface area contributed by atoms with E-state index >= 15 is 0 Å². The molecule has 1 aliphatic carbocycles. The third-order valence-electron chi connectivity index (χ3n) is 4.09. The molecular formula is C15H30N2S. The predicted molar refractivity (Wildman–Crippen MR) is 82.5 cm³/mol. The van der Waals surface area contributed by atoms with Gasteiger partial charge in [0.05, 0.1) is 0 Å². The van der Waals surface area contributed by atoms with Gasteiger partial charge in [-0.3, -0.25) is 0 Å². The normalized spacial score (nSPS) is 25.5. The summed E-state index contributed by atoms with van der Waals surface area (Å²) in [6.07, 6.45) is 9.81. The quantitative estimate of drug-likeness (QED) is 0.648. The Balaban J connectivity index is 1.39. The first-order valence-electron chi connectivity index (χ1n) is 7.96. The molecule has 2 nitrogen and oxygen atoms in total. The fraction of sp³-hybridized carbons (Fsp3) is 1.00. The third kappa shape index (κ3) is 5.94. The minimum atomic E-state index is 0.891. The van der Waals surface area contributed by atoms with Crippen LogP contribution in [0.1, 0.15) is 51.9 Å². The second kappa shape index (κ2) is 8.44. The first-order valence-corrected chi connectivity index (χ1v) is 9.00. The van der Waals surface area contributed by atoms with E-state index in [0.717, 1.165) is 11.3 Å². The topological polar surface area (TPSA) is 15.3 Å². The fourth-order valence-corrected chi connectivity index (χ4v) is 3.89. The first-order chi connectivity index (χ1) is 8.88. The zero-order chi connectivity index (χ0) is 12.6. The van der Waals surface area contributed by atoms with Gasteiger partial charge in [0.25, 0.3) is 0 Å². The van der Waals surface area contributed by atoms with Crippen molar-refractivity contribution >= 4 is 11.8 Å². The molecule has 1 N–H and O–H groups in total. The summed E-state index contributed by atoms with van der Waals surface area (Å²) in [4.78, 5) is 2.69. The highest BCUT2D eigenvalue weighted by molar-refractivity contribution is 8.00. The molecule has 0 amide bonds. The highest BCUT2D eigenvalue weighted by Gasteiger charge is 2.19. The molecule has 0 spiro atoms. The Morgan fingerprint density at radius 2 is 2.00 bits per heavy atom. The van der Waals surface area contributed by atoms with Crippen LogP contribution in [0.3, 0.4) is 0 Å². The zero-order valence-electron chi connectivity index (χ0n) is 12.0. The summed E-state index contributed by atoms with van der Waals surface area (Å²) in [5.41, 5.74) is 0. The molecule has 1 unspecified atom stereocenters. The Morgan fingerprint density at radius 3 is 2.78 bits per heavy atom. The maximum atomic E-state index is 3.60. The van der Waals surface area contributed by atoms with E-state index in [1.807, 2.05) is 0 Å². The molecule has 0 aromatic carbocycles. The van der Waals surface area contributed by atoms with E-state index < -0.39 is 0 Å². The zero-order valence-corrected chi connectivity index (χ0v) is 12.8. The number of unbranched alkanes of at least 4 members (excludes halogenated alkanes) is 3. The summed E-state index contributed by atoms with van der Waals surface area (Å²) in [6, 6.07) is 0.891. The Labute approximate surface area is 117 Å². The number of rotatable bonds is 9. The van der Waals surface area contributed by atoms with Crippen molar-refractivity contribution in [3.8, 4) is 0 Å². The van der Waals surface area contributed by atoms with E-state index in [2.05, 4.69) is 28.9 Å². The van der Waals surface area contributed by atoms with Crippen LogP contribution in [0.2, 0.25) is 0 Å². The molecule has 1 saturated heterocycles. The van der Waals surface area contributed by atoms with Gasteiger partial charge < -0.3 is 10.2 Å². The van der Waals surface area contributed by atoms with Gasteiger partial charge in [0, 0.05) is 30.1 Å². The van der Waals surface area contributed by atoms with Gasteiger partial charge in [0.1, 0.15) is 0 Å². The van der Waals surface area contributed by atoms with Crippen molar-refractivity contribution in [1.29, 1.82) is 0 Å². The molecule has 1 atom stereocenters. The average Bonchev–Trinajstić information content (AvgIpc) is 3.22. The van der Waals surface area contributed by atoms with Gasteiger partial charge in [-0.25, -0.2) is 0 Å². The lowest BCUT2D eigenvalue weighted by atomic mass is 10.2. The lowest BCUT2D eigenvalue weighted by Crippen LogP contribution is -2.38. The molecule has 2 fully saturated rings. The summed E-state index contributed by atoms with van der Waals surface area (Å²) in [6.45, 7) is 7.58. The molecule has 18 heavy (non-hydrogen) atoms. The van der Waals surface area contributed by atoms with Crippen LogP contribution >= 0.6 is 11.8 Å². The van der Waals surface area contributed by atoms with Gasteiger partial charge in [-0.1, -0.05) is 19.8 Å². The second-order valence-corrected chi connectivity index (χ2v) is 7.25. The molecule has 0 radical (unpaired) electrons. The highest BCUT2D eigenvalue weighted by Crippen LogP contribution is 2.21. The Kier molecular flexibility index (Phi) is 6.88. The number of thioether (sulfide) groups is 1. The predicted octanol–water partition coefficient (Wildman–Crippen LogP) is 3.13. The molecule has 2 aliphatic rings. The highest BCUT2D eigenvalue weighted by atomic mass is 32.2. The molecule has 0 aromatic rings. The Morgan fingerprint density at radius 1 is 1.17 bits per heavy atom. The van der Waals surface area contributed by atoms with Crippen LogP contribution in [0.25, 0.3) is 0 Å². The van der Waals surface area contributed by atoms with E-state index in [1.54, 1.807) is 0 Å². The minimum absolute atomic E-state index is 0.891. The van der Waals surface area contributed by atoms with Crippen LogP contribution in [0.15, 0.2) is 0 Å². The van der Waals surface area contributed by atoms with E-state index in [-0.39, 0.29) is 0 Å². The average molecular weight is 270 g/mol. The Hall–Kier alpha value is 0.270. The van der Waals surface area contributed by atoms with Gasteiger partial charge in [-0.05, 0) is 45.2 Å². The largest absolute Gasteiger partial charge is 0.314 e. The summed E-state index contributed by atoms with van der Waals surface area (Å²) >= 11 is 2.18. The molecule has 0 bridgehead atoms. The smallest absolute Gasteiger partial charge is 0.0172 e. The molecule has 0 aromatic heterocycles. The number of hydrogen-bond acceptors (Lipinski definition) is 3. The molecular weight excluding hydrogens is 240 g/mol. The first kappa shape index (κ1) is 14.7. The third-order valence-corrected chi connectivity index (χ3v) is 5.46. The van der Waals surface area contributed by atoms with Crippen molar-refractivity contribution in [2.75, 3.05) is 31.9 Å². The molecule has 3 heteroatoms. The molecule has 2 rings (SSSR count). The van der Waals surface area contributed by atoms with Crippen LogP contribution < -0.4 is 5.32 Å². The fourth-order valence-electron chi connectivity index (χ4n) is 2.64. The number of nitrogens with one attached hydrogen (secondary N) is 1. The standard InChI is InChI=1S/C15H30N2S/c1-2-15-13-17(11-12-18-15)10-6-4-3-5-9-16-14-7-8-14/h14-16H,2-13H2,1H3. The van der Waals surface area contributed by atoms with Crippen LogP contribution in [0.4, 0.5) is 0 Å². The maximum absolute atomic E-state index is 3.60. The summed E-state index contributed by atoms with van der Waals surface area (Å²) in [5.74, 6) is 1.35. The van der Waals surface area contributed by atoms with Gasteiger partial charge >= 0.3 is 0 Å². The van der Waals surface area contributed by atoms with Crippen LogP contribution in [-0.2, 0) is 0 Å².